The van der Waals surface area contributed by atoms with Gasteiger partial charge in [-0.2, -0.15) is 26.3 Å². The number of rotatable bonds is 6. The van der Waals surface area contributed by atoms with Crippen molar-refractivity contribution < 1.29 is 36.2 Å². The Bertz CT molecular complexity index is 737. The van der Waals surface area contributed by atoms with Crippen LogP contribution in [0.25, 0.3) is 0 Å². The summed E-state index contributed by atoms with van der Waals surface area (Å²) in [5.41, 5.74) is -1.72. The number of alkyl halides is 9. The molecule has 0 aliphatic heterocycles. The minimum absolute atomic E-state index is 0.106. The summed E-state index contributed by atoms with van der Waals surface area (Å²) in [5, 5.41) is 11.7. The van der Waals surface area contributed by atoms with Crippen LogP contribution < -0.4 is 4.74 Å². The molecule has 0 aromatic heterocycles. The molecular weight excluding hydrogens is 626 g/mol. The maximum absolute atomic E-state index is 12.5. The first-order chi connectivity index (χ1) is 14.5. The molecule has 2 aromatic carbocycles. The predicted molar refractivity (Wildman–Crippen MR) is 121 cm³/mol. The molecule has 0 saturated heterocycles. The van der Waals surface area contributed by atoms with E-state index in [0.717, 1.165) is 28.9 Å². The first kappa shape index (κ1) is 30.1. The van der Waals surface area contributed by atoms with E-state index >= 15 is 0 Å². The standard InChI is InChI=1S/C10H10BrF3O.C7H5F3O.C3H6Br2/c11-6-3-7-15-9-5-2-1-4-8(9)10(12,13)14;8-7(9,10)5-3-1-2-4-6(5)11;4-2-1-3-5/h1-2,4-5H,3,6-7H2;1-4,11H;1-3H2. The molecule has 0 radical (unpaired) electrons. The Balaban J connectivity index is 0.000000492. The molecule has 0 unspecified atom stereocenters. The van der Waals surface area contributed by atoms with E-state index < -0.39 is 29.2 Å². The van der Waals surface area contributed by atoms with Crippen molar-refractivity contribution in [3.63, 3.8) is 0 Å². The molecule has 2 rings (SSSR count). The molecule has 176 valence electrons. The van der Waals surface area contributed by atoms with Crippen LogP contribution in [0.1, 0.15) is 24.0 Å². The molecule has 2 nitrogen and oxygen atoms in total. The van der Waals surface area contributed by atoms with Crippen molar-refractivity contribution in [2.75, 3.05) is 22.6 Å². The fraction of sp³-hybridized carbons (Fsp3) is 0.400. The summed E-state index contributed by atoms with van der Waals surface area (Å²) >= 11 is 9.74. The number of phenolic OH excluding ortho intramolecular Hbond substituents is 1. The van der Waals surface area contributed by atoms with E-state index in [2.05, 4.69) is 47.8 Å². The third kappa shape index (κ3) is 13.3. The first-order valence-electron chi connectivity index (χ1n) is 8.81. The first-order valence-corrected chi connectivity index (χ1v) is 12.2. The summed E-state index contributed by atoms with van der Waals surface area (Å²) in [6, 6.07) is 9.62. The quantitative estimate of drug-likeness (QED) is 0.194. The van der Waals surface area contributed by atoms with Crippen molar-refractivity contribution in [2.24, 2.45) is 0 Å². The average molecular weight is 647 g/mol. The molecule has 0 bridgehead atoms. The second-order valence-electron chi connectivity index (χ2n) is 5.63. The summed E-state index contributed by atoms with van der Waals surface area (Å²) in [6.07, 6.45) is -6.93. The molecule has 0 aliphatic carbocycles. The molecule has 0 amide bonds. The second-order valence-corrected chi connectivity index (χ2v) is 8.01. The normalized spacial score (nSPS) is 11.0. The molecule has 0 fully saturated rings. The largest absolute Gasteiger partial charge is 0.507 e. The number of hydrogen-bond acceptors (Lipinski definition) is 2. The Labute approximate surface area is 202 Å². The smallest absolute Gasteiger partial charge is 0.419 e. The molecule has 0 saturated carbocycles. The molecule has 0 atom stereocenters. The van der Waals surface area contributed by atoms with Gasteiger partial charge in [-0.1, -0.05) is 72.1 Å². The predicted octanol–water partition coefficient (Wildman–Crippen LogP) is 8.45. The van der Waals surface area contributed by atoms with Crippen molar-refractivity contribution in [3.05, 3.63) is 59.7 Å². The highest BCUT2D eigenvalue weighted by Gasteiger charge is 2.34. The highest BCUT2D eigenvalue weighted by Crippen LogP contribution is 2.36. The Hall–Kier alpha value is -0.940. The molecule has 0 spiro atoms. The van der Waals surface area contributed by atoms with Crippen molar-refractivity contribution in [1.29, 1.82) is 0 Å². The van der Waals surface area contributed by atoms with Gasteiger partial charge in [0.05, 0.1) is 17.7 Å². The zero-order valence-corrected chi connectivity index (χ0v) is 20.9. The number of hydrogen-bond donors (Lipinski definition) is 1. The minimum Gasteiger partial charge on any atom is -0.507 e. The van der Waals surface area contributed by atoms with Gasteiger partial charge in [0.2, 0.25) is 0 Å². The Morgan fingerprint density at radius 1 is 0.677 bits per heavy atom. The number of phenols is 1. The fourth-order valence-corrected chi connectivity index (χ4v) is 3.37. The Morgan fingerprint density at radius 2 is 1.13 bits per heavy atom. The fourth-order valence-electron chi connectivity index (χ4n) is 1.83. The minimum atomic E-state index is -4.47. The summed E-state index contributed by atoms with van der Waals surface area (Å²) in [5.74, 6) is -0.842. The average Bonchev–Trinajstić information content (AvgIpc) is 2.69. The lowest BCUT2D eigenvalue weighted by atomic mass is 10.2. The Kier molecular flexibility index (Phi) is 15.3. The third-order valence-corrected chi connectivity index (χ3v) is 4.89. The SMILES string of the molecule is BrCCCBr.FC(F)(F)c1ccccc1OCCCBr.Oc1ccccc1C(F)(F)F. The maximum Gasteiger partial charge on any atom is 0.419 e. The van der Waals surface area contributed by atoms with Crippen molar-refractivity contribution in [3.8, 4) is 11.5 Å². The van der Waals surface area contributed by atoms with Crippen LogP contribution >= 0.6 is 47.8 Å². The van der Waals surface area contributed by atoms with E-state index in [9.17, 15) is 26.3 Å². The van der Waals surface area contributed by atoms with Crippen LogP contribution in [0.3, 0.4) is 0 Å². The number of para-hydroxylation sites is 2. The highest BCUT2D eigenvalue weighted by atomic mass is 79.9. The van der Waals surface area contributed by atoms with Gasteiger partial charge < -0.3 is 9.84 Å². The van der Waals surface area contributed by atoms with Crippen molar-refractivity contribution in [2.45, 2.75) is 25.2 Å². The van der Waals surface area contributed by atoms with Gasteiger partial charge in [-0.3, -0.25) is 0 Å². The van der Waals surface area contributed by atoms with E-state index in [4.69, 9.17) is 9.84 Å². The van der Waals surface area contributed by atoms with E-state index in [-0.39, 0.29) is 12.4 Å². The third-order valence-electron chi connectivity index (χ3n) is 3.20. The zero-order valence-electron chi connectivity index (χ0n) is 16.1. The summed E-state index contributed by atoms with van der Waals surface area (Å²) in [4.78, 5) is 0. The molecule has 0 aliphatic rings. The van der Waals surface area contributed by atoms with Gasteiger partial charge in [0.1, 0.15) is 11.5 Å². The molecular formula is C20H21Br3F6O2. The number of aromatic hydroxyl groups is 1. The zero-order chi connectivity index (χ0) is 23.9. The van der Waals surface area contributed by atoms with Crippen LogP contribution in [0.4, 0.5) is 26.3 Å². The number of halogens is 9. The van der Waals surface area contributed by atoms with Gasteiger partial charge >= 0.3 is 12.4 Å². The monoisotopic (exact) mass is 644 g/mol. The van der Waals surface area contributed by atoms with Gasteiger partial charge in [-0.05, 0) is 37.1 Å². The molecule has 2 aromatic rings. The van der Waals surface area contributed by atoms with Crippen LogP contribution in [0.2, 0.25) is 0 Å². The molecule has 0 heterocycles. The topological polar surface area (TPSA) is 29.5 Å². The van der Waals surface area contributed by atoms with E-state index in [1.54, 1.807) is 0 Å². The summed E-state index contributed by atoms with van der Waals surface area (Å²) in [7, 11) is 0. The van der Waals surface area contributed by atoms with Gasteiger partial charge in [-0.15, -0.1) is 0 Å². The van der Waals surface area contributed by atoms with Gasteiger partial charge in [0.15, 0.2) is 0 Å². The van der Waals surface area contributed by atoms with E-state index in [1.807, 2.05) is 0 Å². The van der Waals surface area contributed by atoms with Crippen molar-refractivity contribution in [1.82, 2.24) is 0 Å². The van der Waals surface area contributed by atoms with Gasteiger partial charge in [0, 0.05) is 16.0 Å². The highest BCUT2D eigenvalue weighted by molar-refractivity contribution is 9.09. The summed E-state index contributed by atoms with van der Waals surface area (Å²) < 4.78 is 78.1. The van der Waals surface area contributed by atoms with Crippen molar-refractivity contribution >= 4 is 47.8 Å². The van der Waals surface area contributed by atoms with Gasteiger partial charge in [0.25, 0.3) is 0 Å². The Morgan fingerprint density at radius 3 is 1.52 bits per heavy atom. The maximum atomic E-state index is 12.5. The lowest BCUT2D eigenvalue weighted by Gasteiger charge is -2.13. The number of ether oxygens (including phenoxy) is 1. The molecule has 31 heavy (non-hydrogen) atoms. The number of benzene rings is 2. The van der Waals surface area contributed by atoms with Crippen LogP contribution in [0.5, 0.6) is 11.5 Å². The van der Waals surface area contributed by atoms with Gasteiger partial charge in [-0.25, -0.2) is 0 Å². The summed E-state index contributed by atoms with van der Waals surface area (Å²) in [6.45, 7) is 0.276. The lowest BCUT2D eigenvalue weighted by Crippen LogP contribution is -2.09. The molecule has 11 heteroatoms. The van der Waals surface area contributed by atoms with E-state index in [1.165, 1.54) is 36.8 Å². The van der Waals surface area contributed by atoms with Crippen LogP contribution in [-0.2, 0) is 12.4 Å². The van der Waals surface area contributed by atoms with Crippen LogP contribution in [-0.4, -0.2) is 27.7 Å². The van der Waals surface area contributed by atoms with E-state index in [0.29, 0.717) is 11.8 Å². The van der Waals surface area contributed by atoms with Crippen LogP contribution in [0.15, 0.2) is 48.5 Å². The second kappa shape index (κ2) is 15.8. The van der Waals surface area contributed by atoms with Crippen LogP contribution in [0, 0.1) is 0 Å². The molecule has 1 N–H and O–H groups in total. The lowest BCUT2D eigenvalue weighted by molar-refractivity contribution is -0.139.